The molecule has 3 rings (SSSR count). The van der Waals surface area contributed by atoms with Crippen LogP contribution in [0.25, 0.3) is 0 Å². The first-order valence-electron chi connectivity index (χ1n) is 9.23. The molecule has 0 unspecified atom stereocenters. The summed E-state index contributed by atoms with van der Waals surface area (Å²) in [5.41, 5.74) is 1.17. The van der Waals surface area contributed by atoms with E-state index in [2.05, 4.69) is 15.3 Å². The molecule has 0 atom stereocenters. The van der Waals surface area contributed by atoms with Crippen molar-refractivity contribution in [2.75, 3.05) is 18.0 Å². The van der Waals surface area contributed by atoms with Gasteiger partial charge in [-0.3, -0.25) is 4.79 Å². The summed E-state index contributed by atoms with van der Waals surface area (Å²) in [5.74, 6) is 0.335. The lowest BCUT2D eigenvalue weighted by atomic mass is 10.0. The lowest BCUT2D eigenvalue weighted by Gasteiger charge is -2.33. The Hall–Kier alpha value is -2.64. The number of aromatic nitrogens is 2. The molecular formula is C20H23F3N4O. The smallest absolute Gasteiger partial charge is 0.356 e. The predicted molar refractivity (Wildman–Crippen MR) is 100 cm³/mol. The minimum Gasteiger partial charge on any atom is -0.356 e. The number of hydrogen-bond acceptors (Lipinski definition) is 4. The van der Waals surface area contributed by atoms with Gasteiger partial charge in [0.1, 0.15) is 17.3 Å². The number of halogens is 3. The highest BCUT2D eigenvalue weighted by Crippen LogP contribution is 2.30. The van der Waals surface area contributed by atoms with Crippen molar-refractivity contribution in [3.63, 3.8) is 0 Å². The number of hydrogen-bond donors (Lipinski definition) is 1. The quantitative estimate of drug-likeness (QED) is 0.866. The van der Waals surface area contributed by atoms with Crippen molar-refractivity contribution < 1.29 is 18.0 Å². The molecule has 0 radical (unpaired) electrons. The number of carbonyl (C=O) groups is 1. The van der Waals surface area contributed by atoms with Gasteiger partial charge >= 0.3 is 6.18 Å². The van der Waals surface area contributed by atoms with Gasteiger partial charge in [0, 0.05) is 25.2 Å². The van der Waals surface area contributed by atoms with Crippen LogP contribution >= 0.6 is 0 Å². The molecule has 1 fully saturated rings. The molecule has 0 spiro atoms. The number of nitrogens with one attached hydrogen (secondary N) is 1. The third kappa shape index (κ3) is 5.21. The van der Waals surface area contributed by atoms with Crippen molar-refractivity contribution in [1.82, 2.24) is 15.3 Å². The molecule has 1 aromatic carbocycles. The molecule has 1 N–H and O–H groups in total. The summed E-state index contributed by atoms with van der Waals surface area (Å²) in [5, 5.41) is 3.02. The molecule has 2 aromatic rings. The Morgan fingerprint density at radius 2 is 1.79 bits per heavy atom. The van der Waals surface area contributed by atoms with E-state index in [4.69, 9.17) is 0 Å². The molecule has 1 aliphatic heterocycles. The van der Waals surface area contributed by atoms with Gasteiger partial charge in [0.2, 0.25) is 5.91 Å². The number of carbonyl (C=O) groups excluding carboxylic acids is 1. The highest BCUT2D eigenvalue weighted by Gasteiger charge is 2.34. The van der Waals surface area contributed by atoms with E-state index in [0.29, 0.717) is 32.4 Å². The molecule has 5 nitrogen and oxygen atoms in total. The van der Waals surface area contributed by atoms with Crippen molar-refractivity contribution in [1.29, 1.82) is 0 Å². The number of aryl methyl sites for hydroxylation is 2. The van der Waals surface area contributed by atoms with E-state index in [1.54, 1.807) is 0 Å². The standard InChI is InChI=1S/C20H23F3N4O/c1-13-3-5-15(6-4-13)11-19(28)26-16-7-9-27(10-8-16)18-12-17(20(21,22)23)24-14(2)25-18/h3-6,12,16H,7-11H2,1-2H3,(H,26,28). The normalized spacial score (nSPS) is 15.5. The predicted octanol–water partition coefficient (Wildman–Crippen LogP) is 3.44. The lowest BCUT2D eigenvalue weighted by molar-refractivity contribution is -0.141. The summed E-state index contributed by atoms with van der Waals surface area (Å²) in [6.07, 6.45) is -2.86. The van der Waals surface area contributed by atoms with Crippen molar-refractivity contribution in [2.45, 2.75) is 45.3 Å². The number of nitrogens with zero attached hydrogens (tertiary/aromatic N) is 3. The Morgan fingerprint density at radius 1 is 1.14 bits per heavy atom. The average Bonchev–Trinajstić information content (AvgIpc) is 2.63. The minimum atomic E-state index is -4.50. The number of amides is 1. The molecular weight excluding hydrogens is 369 g/mol. The fraction of sp³-hybridized carbons (Fsp3) is 0.450. The Labute approximate surface area is 162 Å². The second-order valence-electron chi connectivity index (χ2n) is 7.15. The van der Waals surface area contributed by atoms with E-state index in [-0.39, 0.29) is 23.6 Å². The molecule has 0 saturated carbocycles. The lowest BCUT2D eigenvalue weighted by Crippen LogP contribution is -2.45. The number of piperidine rings is 1. The van der Waals surface area contributed by atoms with Crippen LogP contribution in [-0.2, 0) is 17.4 Å². The number of benzene rings is 1. The zero-order chi connectivity index (χ0) is 20.3. The second-order valence-corrected chi connectivity index (χ2v) is 7.15. The van der Waals surface area contributed by atoms with E-state index in [1.807, 2.05) is 36.1 Å². The summed E-state index contributed by atoms with van der Waals surface area (Å²) < 4.78 is 38.9. The van der Waals surface area contributed by atoms with E-state index in [9.17, 15) is 18.0 Å². The van der Waals surface area contributed by atoms with E-state index < -0.39 is 11.9 Å². The van der Waals surface area contributed by atoms with Gasteiger partial charge in [-0.05, 0) is 32.3 Å². The Balaban J connectivity index is 1.55. The molecule has 1 saturated heterocycles. The fourth-order valence-electron chi connectivity index (χ4n) is 3.28. The number of alkyl halides is 3. The topological polar surface area (TPSA) is 58.1 Å². The molecule has 0 aliphatic carbocycles. The van der Waals surface area contributed by atoms with Crippen LogP contribution in [0.1, 0.15) is 35.5 Å². The minimum absolute atomic E-state index is 0.0132. The van der Waals surface area contributed by atoms with Crippen LogP contribution in [0.4, 0.5) is 19.0 Å². The highest BCUT2D eigenvalue weighted by molar-refractivity contribution is 5.78. The first-order chi connectivity index (χ1) is 13.2. The maximum Gasteiger partial charge on any atom is 0.433 e. The molecule has 1 amide bonds. The van der Waals surface area contributed by atoms with E-state index in [0.717, 1.165) is 17.2 Å². The van der Waals surface area contributed by atoms with Gasteiger partial charge in [-0.15, -0.1) is 0 Å². The molecule has 1 aliphatic rings. The molecule has 0 bridgehead atoms. The second kappa shape index (κ2) is 8.16. The molecule has 2 heterocycles. The van der Waals surface area contributed by atoms with E-state index >= 15 is 0 Å². The van der Waals surface area contributed by atoms with Crippen LogP contribution in [-0.4, -0.2) is 35.0 Å². The van der Waals surface area contributed by atoms with Gasteiger partial charge in [-0.25, -0.2) is 9.97 Å². The van der Waals surface area contributed by atoms with Gasteiger partial charge in [0.25, 0.3) is 0 Å². The number of rotatable bonds is 4. The highest BCUT2D eigenvalue weighted by atomic mass is 19.4. The SMILES string of the molecule is Cc1ccc(CC(=O)NC2CCN(c3cc(C(F)(F)F)nc(C)n3)CC2)cc1. The molecule has 150 valence electrons. The number of anilines is 1. The van der Waals surface area contributed by atoms with Crippen LogP contribution in [0.5, 0.6) is 0 Å². The third-order valence-electron chi connectivity index (χ3n) is 4.78. The Bertz CT molecular complexity index is 828. The summed E-state index contributed by atoms with van der Waals surface area (Å²) in [7, 11) is 0. The third-order valence-corrected chi connectivity index (χ3v) is 4.78. The first-order valence-corrected chi connectivity index (χ1v) is 9.23. The zero-order valence-electron chi connectivity index (χ0n) is 15.9. The fourth-order valence-corrected chi connectivity index (χ4v) is 3.28. The Morgan fingerprint density at radius 3 is 2.39 bits per heavy atom. The van der Waals surface area contributed by atoms with E-state index in [1.165, 1.54) is 6.92 Å². The van der Waals surface area contributed by atoms with Crippen molar-refractivity contribution in [3.05, 3.63) is 53.0 Å². The van der Waals surface area contributed by atoms with Crippen LogP contribution in [0.2, 0.25) is 0 Å². The van der Waals surface area contributed by atoms with Gasteiger partial charge in [-0.2, -0.15) is 13.2 Å². The summed E-state index contributed by atoms with van der Waals surface area (Å²) in [6.45, 7) is 4.51. The largest absolute Gasteiger partial charge is 0.433 e. The van der Waals surface area contributed by atoms with Gasteiger partial charge in [0.05, 0.1) is 6.42 Å². The zero-order valence-corrected chi connectivity index (χ0v) is 15.9. The molecule has 1 aromatic heterocycles. The average molecular weight is 392 g/mol. The Kier molecular flexibility index (Phi) is 5.86. The van der Waals surface area contributed by atoms with Crippen molar-refractivity contribution in [3.8, 4) is 0 Å². The monoisotopic (exact) mass is 392 g/mol. The van der Waals surface area contributed by atoms with Crippen molar-refractivity contribution >= 4 is 11.7 Å². The summed E-state index contributed by atoms with van der Waals surface area (Å²) in [4.78, 5) is 21.7. The van der Waals surface area contributed by atoms with Crippen molar-refractivity contribution in [2.24, 2.45) is 0 Å². The van der Waals surface area contributed by atoms with Gasteiger partial charge < -0.3 is 10.2 Å². The molecule has 8 heteroatoms. The van der Waals surface area contributed by atoms with Crippen LogP contribution < -0.4 is 10.2 Å². The maximum atomic E-state index is 13.0. The van der Waals surface area contributed by atoms with Crippen LogP contribution in [0.15, 0.2) is 30.3 Å². The summed E-state index contributed by atoms with van der Waals surface area (Å²) >= 11 is 0. The van der Waals surface area contributed by atoms with Crippen LogP contribution in [0, 0.1) is 13.8 Å². The molecule has 28 heavy (non-hydrogen) atoms. The maximum absolute atomic E-state index is 13.0. The van der Waals surface area contributed by atoms with Gasteiger partial charge in [0.15, 0.2) is 0 Å². The first kappa shape index (κ1) is 20.1. The van der Waals surface area contributed by atoms with Gasteiger partial charge in [-0.1, -0.05) is 29.8 Å². The summed E-state index contributed by atoms with van der Waals surface area (Å²) in [6, 6.07) is 8.82. The van der Waals surface area contributed by atoms with Crippen LogP contribution in [0.3, 0.4) is 0 Å².